The van der Waals surface area contributed by atoms with Gasteiger partial charge in [0, 0.05) is 19.6 Å². The lowest BCUT2D eigenvalue weighted by molar-refractivity contribution is -0.143. The zero-order chi connectivity index (χ0) is 11.8. The number of nitrogens with one attached hydrogen (secondary N) is 1. The van der Waals surface area contributed by atoms with Crippen LogP contribution in [0.2, 0.25) is 0 Å². The first kappa shape index (κ1) is 11.9. The normalized spacial score (nSPS) is 32.2. The van der Waals surface area contributed by atoms with Crippen molar-refractivity contribution in [3.63, 3.8) is 0 Å². The summed E-state index contributed by atoms with van der Waals surface area (Å²) in [5.74, 6) is 1.09. The molecule has 0 spiro atoms. The zero-order valence-electron chi connectivity index (χ0n) is 10.8. The van der Waals surface area contributed by atoms with Crippen molar-refractivity contribution in [2.45, 2.75) is 45.6 Å². The molecule has 3 nitrogen and oxygen atoms in total. The number of nitrogens with zero attached hydrogens (tertiary/aromatic N) is 1. The predicted octanol–water partition coefficient (Wildman–Crippen LogP) is 1.63. The highest BCUT2D eigenvalue weighted by Crippen LogP contribution is 2.37. The van der Waals surface area contributed by atoms with E-state index in [1.54, 1.807) is 0 Å². The summed E-state index contributed by atoms with van der Waals surface area (Å²) in [4.78, 5) is 14.5. The number of hydrogen-bond acceptors (Lipinski definition) is 2. The molecule has 0 aromatic carbocycles. The summed E-state index contributed by atoms with van der Waals surface area (Å²) in [7, 11) is 1.98. The number of hydrogen-bond donors (Lipinski definition) is 1. The van der Waals surface area contributed by atoms with Crippen molar-refractivity contribution in [2.24, 2.45) is 11.3 Å². The minimum Gasteiger partial charge on any atom is -0.342 e. The van der Waals surface area contributed by atoms with E-state index in [2.05, 4.69) is 19.2 Å². The van der Waals surface area contributed by atoms with Crippen molar-refractivity contribution in [1.82, 2.24) is 10.2 Å². The van der Waals surface area contributed by atoms with Crippen LogP contribution in [-0.2, 0) is 4.79 Å². The van der Waals surface area contributed by atoms with Crippen molar-refractivity contribution in [2.75, 3.05) is 20.1 Å². The Morgan fingerprint density at radius 2 is 2.19 bits per heavy atom. The first-order valence-corrected chi connectivity index (χ1v) is 6.52. The molecule has 0 bridgehead atoms. The Bertz CT molecular complexity index is 267. The number of amides is 1. The number of piperidine rings is 1. The van der Waals surface area contributed by atoms with E-state index in [9.17, 15) is 4.79 Å². The van der Waals surface area contributed by atoms with Gasteiger partial charge in [-0.15, -0.1) is 0 Å². The Hall–Kier alpha value is -0.570. The van der Waals surface area contributed by atoms with Crippen molar-refractivity contribution in [3.05, 3.63) is 0 Å². The average molecular weight is 224 g/mol. The lowest BCUT2D eigenvalue weighted by Gasteiger charge is -2.38. The molecule has 2 fully saturated rings. The van der Waals surface area contributed by atoms with Gasteiger partial charge in [-0.05, 0) is 52.0 Å². The van der Waals surface area contributed by atoms with Gasteiger partial charge < -0.3 is 10.2 Å². The van der Waals surface area contributed by atoms with Crippen LogP contribution < -0.4 is 5.32 Å². The Kier molecular flexibility index (Phi) is 3.24. The molecule has 0 aromatic rings. The smallest absolute Gasteiger partial charge is 0.229 e. The fourth-order valence-electron chi connectivity index (χ4n) is 2.74. The SMILES string of the molecule is CC(C1CC1)N(C)C(=O)C1(C)CCCNC1. The molecule has 1 aliphatic heterocycles. The Labute approximate surface area is 98.6 Å². The zero-order valence-corrected chi connectivity index (χ0v) is 10.8. The maximum absolute atomic E-state index is 12.5. The van der Waals surface area contributed by atoms with E-state index in [1.807, 2.05) is 11.9 Å². The molecule has 3 heteroatoms. The highest BCUT2D eigenvalue weighted by atomic mass is 16.2. The van der Waals surface area contributed by atoms with Gasteiger partial charge in [0.2, 0.25) is 5.91 Å². The molecule has 1 saturated heterocycles. The number of carbonyl (C=O) groups is 1. The Balaban J connectivity index is 1.98. The second kappa shape index (κ2) is 4.36. The van der Waals surface area contributed by atoms with Gasteiger partial charge in [0.15, 0.2) is 0 Å². The van der Waals surface area contributed by atoms with Crippen LogP contribution in [0.15, 0.2) is 0 Å². The van der Waals surface area contributed by atoms with E-state index in [4.69, 9.17) is 0 Å². The summed E-state index contributed by atoms with van der Waals surface area (Å²) < 4.78 is 0. The highest BCUT2D eigenvalue weighted by molar-refractivity contribution is 5.82. The van der Waals surface area contributed by atoms with Gasteiger partial charge in [0.25, 0.3) is 0 Å². The summed E-state index contributed by atoms with van der Waals surface area (Å²) in [6.45, 7) is 6.20. The van der Waals surface area contributed by atoms with Crippen LogP contribution in [0.1, 0.15) is 39.5 Å². The largest absolute Gasteiger partial charge is 0.342 e. The Morgan fingerprint density at radius 3 is 2.69 bits per heavy atom. The monoisotopic (exact) mass is 224 g/mol. The average Bonchev–Trinajstić information content (AvgIpc) is 3.11. The molecule has 1 heterocycles. The van der Waals surface area contributed by atoms with Crippen molar-refractivity contribution >= 4 is 5.91 Å². The fraction of sp³-hybridized carbons (Fsp3) is 0.923. The van der Waals surface area contributed by atoms with Crippen LogP contribution in [-0.4, -0.2) is 37.0 Å². The third-order valence-electron chi connectivity index (χ3n) is 4.35. The van der Waals surface area contributed by atoms with Crippen molar-refractivity contribution < 1.29 is 4.79 Å². The molecule has 1 N–H and O–H groups in total. The Morgan fingerprint density at radius 1 is 1.50 bits per heavy atom. The van der Waals surface area contributed by atoms with Gasteiger partial charge in [-0.3, -0.25) is 4.79 Å². The predicted molar refractivity (Wildman–Crippen MR) is 65.2 cm³/mol. The second-order valence-corrected chi connectivity index (χ2v) is 5.84. The lowest BCUT2D eigenvalue weighted by atomic mass is 9.81. The molecule has 2 rings (SSSR count). The van der Waals surface area contributed by atoms with Crippen LogP contribution >= 0.6 is 0 Å². The standard InChI is InChI=1S/C13H24N2O/c1-10(11-5-6-11)15(3)12(16)13(2)7-4-8-14-9-13/h10-11,14H,4-9H2,1-3H3. The fourth-order valence-corrected chi connectivity index (χ4v) is 2.74. The lowest BCUT2D eigenvalue weighted by Crippen LogP contribution is -2.51. The van der Waals surface area contributed by atoms with Gasteiger partial charge >= 0.3 is 0 Å². The second-order valence-electron chi connectivity index (χ2n) is 5.84. The van der Waals surface area contributed by atoms with E-state index in [1.165, 1.54) is 12.8 Å². The summed E-state index contributed by atoms with van der Waals surface area (Å²) >= 11 is 0. The number of carbonyl (C=O) groups excluding carboxylic acids is 1. The van der Waals surface area contributed by atoms with Crippen LogP contribution in [0, 0.1) is 11.3 Å². The molecule has 1 amide bonds. The third kappa shape index (κ3) is 2.24. The summed E-state index contributed by atoms with van der Waals surface area (Å²) in [6.07, 6.45) is 4.75. The van der Waals surface area contributed by atoms with E-state index < -0.39 is 0 Å². The van der Waals surface area contributed by atoms with Crippen molar-refractivity contribution in [3.8, 4) is 0 Å². The van der Waals surface area contributed by atoms with E-state index >= 15 is 0 Å². The molecule has 0 aromatic heterocycles. The molecule has 0 radical (unpaired) electrons. The van der Waals surface area contributed by atoms with Crippen LogP contribution in [0.3, 0.4) is 0 Å². The molecule has 2 atom stereocenters. The summed E-state index contributed by atoms with van der Waals surface area (Å²) in [5.41, 5.74) is -0.170. The van der Waals surface area contributed by atoms with Gasteiger partial charge in [0.1, 0.15) is 0 Å². The van der Waals surface area contributed by atoms with E-state index in [-0.39, 0.29) is 5.41 Å². The minimum absolute atomic E-state index is 0.170. The summed E-state index contributed by atoms with van der Waals surface area (Å²) in [6, 6.07) is 0.422. The molecular formula is C13H24N2O. The molecular weight excluding hydrogens is 200 g/mol. The maximum Gasteiger partial charge on any atom is 0.229 e. The van der Waals surface area contributed by atoms with Gasteiger partial charge in [0.05, 0.1) is 5.41 Å². The number of rotatable bonds is 3. The van der Waals surface area contributed by atoms with Crippen LogP contribution in [0.4, 0.5) is 0 Å². The molecule has 92 valence electrons. The van der Waals surface area contributed by atoms with E-state index in [0.717, 1.165) is 31.8 Å². The third-order valence-corrected chi connectivity index (χ3v) is 4.35. The first-order chi connectivity index (χ1) is 7.54. The topological polar surface area (TPSA) is 32.3 Å². The molecule has 2 unspecified atom stereocenters. The van der Waals surface area contributed by atoms with E-state index in [0.29, 0.717) is 11.9 Å². The molecule has 2 aliphatic rings. The summed E-state index contributed by atoms with van der Waals surface area (Å²) in [5, 5.41) is 3.35. The van der Waals surface area contributed by atoms with Crippen LogP contribution in [0.25, 0.3) is 0 Å². The van der Waals surface area contributed by atoms with Crippen molar-refractivity contribution in [1.29, 1.82) is 0 Å². The van der Waals surface area contributed by atoms with Crippen LogP contribution in [0.5, 0.6) is 0 Å². The molecule has 16 heavy (non-hydrogen) atoms. The van der Waals surface area contributed by atoms with Gasteiger partial charge in [-0.2, -0.15) is 0 Å². The minimum atomic E-state index is -0.170. The first-order valence-electron chi connectivity index (χ1n) is 6.52. The molecule has 1 aliphatic carbocycles. The quantitative estimate of drug-likeness (QED) is 0.790. The maximum atomic E-state index is 12.5. The highest BCUT2D eigenvalue weighted by Gasteiger charge is 2.40. The molecule has 1 saturated carbocycles. The van der Waals surface area contributed by atoms with Gasteiger partial charge in [-0.1, -0.05) is 0 Å². The van der Waals surface area contributed by atoms with Gasteiger partial charge in [-0.25, -0.2) is 0 Å².